The van der Waals surface area contributed by atoms with Crippen LogP contribution in [0.1, 0.15) is 34.1 Å². The second kappa shape index (κ2) is 4.32. The summed E-state index contributed by atoms with van der Waals surface area (Å²) in [6.07, 6.45) is 0.869. The maximum atomic E-state index is 11.6. The smallest absolute Gasteiger partial charge is 0.335 e. The van der Waals surface area contributed by atoms with Crippen molar-refractivity contribution in [2.24, 2.45) is 5.92 Å². The molecule has 0 spiro atoms. The molecule has 1 rings (SSSR count). The van der Waals surface area contributed by atoms with E-state index in [1.807, 2.05) is 13.8 Å². The highest BCUT2D eigenvalue weighted by Gasteiger charge is 2.46. The number of nitrogens with zero attached hydrogens (tertiary/aromatic N) is 1. The quantitative estimate of drug-likeness (QED) is 0.544. The minimum atomic E-state index is -0.581. The van der Waals surface area contributed by atoms with E-state index in [1.165, 1.54) is 0 Å². The Morgan fingerprint density at radius 3 is 2.69 bits per heavy atom. The second-order valence-corrected chi connectivity index (χ2v) is 4.64. The highest BCUT2D eigenvalue weighted by Crippen LogP contribution is 2.41. The molecular formula is C13H21NO2. The summed E-state index contributed by atoms with van der Waals surface area (Å²) in [4.78, 5) is 13.7. The zero-order chi connectivity index (χ0) is 12.5. The van der Waals surface area contributed by atoms with Gasteiger partial charge in [0.15, 0.2) is 5.72 Å². The summed E-state index contributed by atoms with van der Waals surface area (Å²) in [7, 11) is 0. The molecule has 0 bridgehead atoms. The third-order valence-corrected chi connectivity index (χ3v) is 3.34. The number of likely N-dealkylation sites (tertiary alicyclic amines) is 1. The first-order valence-electron chi connectivity index (χ1n) is 5.67. The minimum absolute atomic E-state index is 0.253. The van der Waals surface area contributed by atoms with Gasteiger partial charge in [0.05, 0.1) is 0 Å². The number of ether oxygens (including phenoxy) is 1. The Balaban J connectivity index is 2.92. The average molecular weight is 223 g/mol. The molecule has 1 aliphatic rings. The van der Waals surface area contributed by atoms with Gasteiger partial charge in [-0.05, 0) is 27.2 Å². The zero-order valence-electron chi connectivity index (χ0n) is 10.7. The van der Waals surface area contributed by atoms with Gasteiger partial charge >= 0.3 is 5.97 Å². The fourth-order valence-electron chi connectivity index (χ4n) is 2.20. The molecule has 1 saturated heterocycles. The van der Waals surface area contributed by atoms with Crippen LogP contribution in [0.25, 0.3) is 0 Å². The Bertz CT molecular complexity index is 335. The molecule has 1 fully saturated rings. The van der Waals surface area contributed by atoms with Gasteiger partial charge in [-0.3, -0.25) is 0 Å². The Kier molecular flexibility index (Phi) is 3.46. The predicted molar refractivity (Wildman–Crippen MR) is 64.6 cm³/mol. The first-order valence-corrected chi connectivity index (χ1v) is 5.67. The van der Waals surface area contributed by atoms with Crippen molar-refractivity contribution in [3.8, 4) is 0 Å². The van der Waals surface area contributed by atoms with E-state index in [-0.39, 0.29) is 11.9 Å². The summed E-state index contributed by atoms with van der Waals surface area (Å²) < 4.78 is 5.57. The molecular weight excluding hydrogens is 202 g/mol. The Morgan fingerprint density at radius 2 is 2.25 bits per heavy atom. The van der Waals surface area contributed by atoms with Crippen molar-refractivity contribution in [3.05, 3.63) is 24.4 Å². The standard InChI is InChI=1S/C13H21NO2/c1-7-14-11(5)8-10(4)13(14,6)16-12(15)9(2)3/h10H,2,5,7-8H2,1,3-4,6H3. The number of rotatable bonds is 3. The minimum Gasteiger partial charge on any atom is -0.436 e. The average Bonchev–Trinajstić information content (AvgIpc) is 2.37. The third-order valence-electron chi connectivity index (χ3n) is 3.34. The first kappa shape index (κ1) is 12.8. The van der Waals surface area contributed by atoms with Crippen LogP contribution in [0.15, 0.2) is 24.4 Å². The molecule has 0 aromatic heterocycles. The van der Waals surface area contributed by atoms with E-state index in [0.717, 1.165) is 18.7 Å². The molecule has 0 saturated carbocycles. The summed E-state index contributed by atoms with van der Waals surface area (Å²) in [6.45, 7) is 16.1. The van der Waals surface area contributed by atoms with Crippen LogP contribution in [0, 0.1) is 5.92 Å². The van der Waals surface area contributed by atoms with E-state index in [0.29, 0.717) is 5.57 Å². The van der Waals surface area contributed by atoms with Crippen LogP contribution >= 0.6 is 0 Å². The SMILES string of the molecule is C=C(C)C(=O)OC1(C)C(C)CC(=C)N1CC. The molecule has 0 amide bonds. The number of hydrogen-bond donors (Lipinski definition) is 0. The van der Waals surface area contributed by atoms with Crippen molar-refractivity contribution in [1.29, 1.82) is 0 Å². The molecule has 16 heavy (non-hydrogen) atoms. The van der Waals surface area contributed by atoms with Gasteiger partial charge in [0.2, 0.25) is 0 Å². The van der Waals surface area contributed by atoms with Crippen molar-refractivity contribution < 1.29 is 9.53 Å². The normalized spacial score (nSPS) is 29.4. The molecule has 2 atom stereocenters. The predicted octanol–water partition coefficient (Wildman–Crippen LogP) is 2.70. The lowest BCUT2D eigenvalue weighted by atomic mass is 10.00. The van der Waals surface area contributed by atoms with Crippen molar-refractivity contribution in [2.45, 2.75) is 39.8 Å². The lowest BCUT2D eigenvalue weighted by molar-refractivity contribution is -0.174. The number of allylic oxidation sites excluding steroid dienone is 1. The Labute approximate surface area is 97.8 Å². The summed E-state index contributed by atoms with van der Waals surface area (Å²) in [5, 5.41) is 0. The monoisotopic (exact) mass is 223 g/mol. The van der Waals surface area contributed by atoms with Gasteiger partial charge in [-0.1, -0.05) is 20.1 Å². The topological polar surface area (TPSA) is 29.5 Å². The number of hydrogen-bond acceptors (Lipinski definition) is 3. The second-order valence-electron chi connectivity index (χ2n) is 4.64. The fourth-order valence-corrected chi connectivity index (χ4v) is 2.20. The lowest BCUT2D eigenvalue weighted by Crippen LogP contribution is -2.47. The zero-order valence-corrected chi connectivity index (χ0v) is 10.7. The van der Waals surface area contributed by atoms with Crippen LogP contribution in [-0.2, 0) is 9.53 Å². The van der Waals surface area contributed by atoms with Crippen LogP contribution in [0.2, 0.25) is 0 Å². The third kappa shape index (κ3) is 1.99. The largest absolute Gasteiger partial charge is 0.436 e. The van der Waals surface area contributed by atoms with Gasteiger partial charge in [-0.15, -0.1) is 0 Å². The highest BCUT2D eigenvalue weighted by atomic mass is 16.6. The van der Waals surface area contributed by atoms with E-state index < -0.39 is 5.72 Å². The van der Waals surface area contributed by atoms with Crippen LogP contribution in [0.5, 0.6) is 0 Å². The lowest BCUT2D eigenvalue weighted by Gasteiger charge is -2.38. The highest BCUT2D eigenvalue weighted by molar-refractivity contribution is 5.87. The molecule has 2 unspecified atom stereocenters. The van der Waals surface area contributed by atoms with E-state index in [4.69, 9.17) is 4.74 Å². The fraction of sp³-hybridized carbons (Fsp3) is 0.615. The number of carbonyl (C=O) groups excluding carboxylic acids is 1. The van der Waals surface area contributed by atoms with Crippen LogP contribution in [0.4, 0.5) is 0 Å². The van der Waals surface area contributed by atoms with Crippen LogP contribution in [0.3, 0.4) is 0 Å². The van der Waals surface area contributed by atoms with Gasteiger partial charge < -0.3 is 9.64 Å². The maximum Gasteiger partial charge on any atom is 0.335 e. The van der Waals surface area contributed by atoms with Crippen LogP contribution < -0.4 is 0 Å². The summed E-state index contributed by atoms with van der Waals surface area (Å²) in [5.74, 6) is -0.0780. The molecule has 3 nitrogen and oxygen atoms in total. The molecule has 0 aromatic carbocycles. The van der Waals surface area contributed by atoms with Crippen LogP contribution in [-0.4, -0.2) is 23.1 Å². The van der Waals surface area contributed by atoms with E-state index in [9.17, 15) is 4.79 Å². The van der Waals surface area contributed by atoms with E-state index in [1.54, 1.807) is 6.92 Å². The van der Waals surface area contributed by atoms with Gasteiger partial charge in [-0.2, -0.15) is 0 Å². The maximum absolute atomic E-state index is 11.6. The van der Waals surface area contributed by atoms with E-state index in [2.05, 4.69) is 25.0 Å². The van der Waals surface area contributed by atoms with E-state index >= 15 is 0 Å². The van der Waals surface area contributed by atoms with Crippen molar-refractivity contribution in [2.75, 3.05) is 6.54 Å². The van der Waals surface area contributed by atoms with Gasteiger partial charge in [0.25, 0.3) is 0 Å². The van der Waals surface area contributed by atoms with Crippen molar-refractivity contribution >= 4 is 5.97 Å². The number of carbonyl (C=O) groups is 1. The van der Waals surface area contributed by atoms with Gasteiger partial charge in [-0.25, -0.2) is 4.79 Å². The molecule has 1 heterocycles. The first-order chi connectivity index (χ1) is 7.32. The number of esters is 1. The molecule has 1 aliphatic heterocycles. The van der Waals surface area contributed by atoms with Crippen molar-refractivity contribution in [3.63, 3.8) is 0 Å². The van der Waals surface area contributed by atoms with Gasteiger partial charge in [0.1, 0.15) is 0 Å². The molecule has 0 aliphatic carbocycles. The Hall–Kier alpha value is -1.25. The molecule has 0 aromatic rings. The van der Waals surface area contributed by atoms with Crippen molar-refractivity contribution in [1.82, 2.24) is 4.90 Å². The molecule has 0 radical (unpaired) electrons. The Morgan fingerprint density at radius 1 is 1.69 bits per heavy atom. The molecule has 3 heteroatoms. The van der Waals surface area contributed by atoms with Gasteiger partial charge in [0, 0.05) is 23.7 Å². The molecule has 90 valence electrons. The molecule has 0 N–H and O–H groups in total. The summed E-state index contributed by atoms with van der Waals surface area (Å²) >= 11 is 0. The summed E-state index contributed by atoms with van der Waals surface area (Å²) in [5.41, 5.74) is 0.885. The summed E-state index contributed by atoms with van der Waals surface area (Å²) in [6, 6.07) is 0.